The molecule has 1 aromatic rings. The van der Waals surface area contributed by atoms with Gasteiger partial charge >= 0.3 is 5.82 Å². The molecule has 17 heavy (non-hydrogen) atoms. The molecule has 7 heteroatoms. The molecule has 1 aromatic heterocycles. The maximum absolute atomic E-state index is 10.9. The highest BCUT2D eigenvalue weighted by molar-refractivity contribution is 5.54. The third-order valence-corrected chi connectivity index (χ3v) is 3.40. The van der Waals surface area contributed by atoms with Crippen LogP contribution in [-0.4, -0.2) is 26.6 Å². The van der Waals surface area contributed by atoms with Gasteiger partial charge in [-0.3, -0.25) is 4.57 Å². The molecule has 2 rings (SSSR count). The molecule has 1 atom stereocenters. The molecule has 1 heterocycles. The second-order valence-corrected chi connectivity index (χ2v) is 4.81. The van der Waals surface area contributed by atoms with Crippen LogP contribution in [0.15, 0.2) is 6.33 Å². The van der Waals surface area contributed by atoms with Crippen LogP contribution in [0.4, 0.5) is 11.6 Å². The van der Waals surface area contributed by atoms with Gasteiger partial charge < -0.3 is 21.2 Å². The summed E-state index contributed by atoms with van der Waals surface area (Å²) in [7, 11) is 1.73. The molecule has 0 radical (unpaired) electrons. The van der Waals surface area contributed by atoms with E-state index in [0.29, 0.717) is 18.3 Å². The van der Waals surface area contributed by atoms with E-state index in [2.05, 4.69) is 10.3 Å². The molecule has 0 bridgehead atoms. The van der Waals surface area contributed by atoms with Gasteiger partial charge in [0.15, 0.2) is 0 Å². The van der Waals surface area contributed by atoms with E-state index in [1.165, 1.54) is 6.33 Å². The van der Waals surface area contributed by atoms with E-state index in [4.69, 9.17) is 5.73 Å². The number of nitro groups is 1. The number of hydrogen-bond donors (Lipinski definition) is 2. The average molecular weight is 239 g/mol. The lowest BCUT2D eigenvalue weighted by molar-refractivity contribution is -0.388. The summed E-state index contributed by atoms with van der Waals surface area (Å²) in [5, 5.41) is 14.1. The first kappa shape index (κ1) is 11.8. The van der Waals surface area contributed by atoms with Crippen molar-refractivity contribution >= 4 is 11.6 Å². The van der Waals surface area contributed by atoms with E-state index in [-0.39, 0.29) is 11.4 Å². The highest BCUT2D eigenvalue weighted by Crippen LogP contribution is 2.41. The first-order valence-electron chi connectivity index (χ1n) is 5.62. The van der Waals surface area contributed by atoms with Crippen molar-refractivity contribution in [1.29, 1.82) is 0 Å². The summed E-state index contributed by atoms with van der Waals surface area (Å²) < 4.78 is 1.62. The van der Waals surface area contributed by atoms with Crippen LogP contribution in [0.2, 0.25) is 0 Å². The second kappa shape index (κ2) is 3.99. The molecule has 0 aromatic carbocycles. The van der Waals surface area contributed by atoms with Crippen LogP contribution in [0.3, 0.4) is 0 Å². The van der Waals surface area contributed by atoms with Crippen LogP contribution in [0.1, 0.15) is 19.8 Å². The first-order valence-corrected chi connectivity index (χ1v) is 5.62. The Morgan fingerprint density at radius 3 is 2.88 bits per heavy atom. The van der Waals surface area contributed by atoms with Crippen molar-refractivity contribution in [2.24, 2.45) is 18.7 Å². The Bertz CT molecular complexity index is 440. The molecule has 1 unspecified atom stereocenters. The Kier molecular flexibility index (Phi) is 2.78. The molecule has 1 aliphatic carbocycles. The topological polar surface area (TPSA) is 99.0 Å². The molecule has 0 amide bonds. The van der Waals surface area contributed by atoms with E-state index >= 15 is 0 Å². The number of hydrogen-bond acceptors (Lipinski definition) is 5. The van der Waals surface area contributed by atoms with Crippen LogP contribution < -0.4 is 11.1 Å². The van der Waals surface area contributed by atoms with E-state index in [0.717, 1.165) is 12.8 Å². The van der Waals surface area contributed by atoms with Gasteiger partial charge in [-0.15, -0.1) is 0 Å². The van der Waals surface area contributed by atoms with E-state index in [1.54, 1.807) is 11.6 Å². The fourth-order valence-corrected chi connectivity index (χ4v) is 2.01. The lowest BCUT2D eigenvalue weighted by Gasteiger charge is -2.30. The minimum atomic E-state index is -0.480. The number of rotatable bonds is 5. The van der Waals surface area contributed by atoms with Crippen molar-refractivity contribution in [3.05, 3.63) is 16.4 Å². The van der Waals surface area contributed by atoms with E-state index in [9.17, 15) is 10.1 Å². The van der Waals surface area contributed by atoms with Crippen LogP contribution in [0.25, 0.3) is 0 Å². The van der Waals surface area contributed by atoms with Crippen LogP contribution >= 0.6 is 0 Å². The summed E-state index contributed by atoms with van der Waals surface area (Å²) in [4.78, 5) is 14.1. The third-order valence-electron chi connectivity index (χ3n) is 3.40. The van der Waals surface area contributed by atoms with Gasteiger partial charge in [-0.2, -0.15) is 0 Å². The Hall–Kier alpha value is -1.63. The summed E-state index contributed by atoms with van der Waals surface area (Å²) in [6.07, 6.45) is 3.67. The van der Waals surface area contributed by atoms with E-state index < -0.39 is 4.92 Å². The molecular weight excluding hydrogens is 222 g/mol. The average Bonchev–Trinajstić information content (AvgIpc) is 3.06. The number of nitrogens with zero attached hydrogens (tertiary/aromatic N) is 3. The predicted octanol–water partition coefficient (Wildman–Crippen LogP) is 0.868. The smallest absolute Gasteiger partial charge is 0.358 e. The van der Waals surface area contributed by atoms with Gasteiger partial charge in [-0.1, -0.05) is 0 Å². The minimum absolute atomic E-state index is 0.146. The summed E-state index contributed by atoms with van der Waals surface area (Å²) in [5.41, 5.74) is 5.49. The maximum atomic E-state index is 10.9. The quantitative estimate of drug-likeness (QED) is 0.586. The number of aryl methyl sites for hydroxylation is 1. The lowest BCUT2D eigenvalue weighted by Crippen LogP contribution is -2.45. The third kappa shape index (κ3) is 2.10. The molecule has 7 nitrogen and oxygen atoms in total. The molecule has 1 aliphatic rings. The predicted molar refractivity (Wildman–Crippen MR) is 63.7 cm³/mol. The molecule has 94 valence electrons. The van der Waals surface area contributed by atoms with Crippen molar-refractivity contribution in [3.63, 3.8) is 0 Å². The fraction of sp³-hybridized carbons (Fsp3) is 0.700. The number of nitrogens with one attached hydrogen (secondary N) is 1. The molecule has 0 saturated heterocycles. The highest BCUT2D eigenvalue weighted by atomic mass is 16.6. The standard InChI is InChI=1S/C10H17N5O2/c1-10(5-11,7-3-4-7)13-9-8(15(16)17)12-6-14(9)2/h6-7,13H,3-5,11H2,1-2H3. The number of imidazole rings is 1. The molecule has 0 spiro atoms. The van der Waals surface area contributed by atoms with Crippen molar-refractivity contribution in [2.75, 3.05) is 11.9 Å². The Morgan fingerprint density at radius 1 is 1.76 bits per heavy atom. The van der Waals surface area contributed by atoms with Gasteiger partial charge in [0, 0.05) is 13.6 Å². The Balaban J connectivity index is 2.28. The van der Waals surface area contributed by atoms with Crippen LogP contribution in [0, 0.1) is 16.0 Å². The minimum Gasteiger partial charge on any atom is -0.358 e. The van der Waals surface area contributed by atoms with Crippen molar-refractivity contribution in [1.82, 2.24) is 9.55 Å². The summed E-state index contributed by atoms with van der Waals surface area (Å²) in [5.74, 6) is 0.768. The summed E-state index contributed by atoms with van der Waals surface area (Å²) in [6.45, 7) is 2.45. The SMILES string of the molecule is Cn1cnc([N+](=O)[O-])c1NC(C)(CN)C1CC1. The van der Waals surface area contributed by atoms with Gasteiger partial charge in [0.2, 0.25) is 12.1 Å². The summed E-state index contributed by atoms with van der Waals surface area (Å²) in [6, 6.07) is 0. The Morgan fingerprint density at radius 2 is 2.41 bits per heavy atom. The number of aromatic nitrogens is 2. The van der Waals surface area contributed by atoms with E-state index in [1.807, 2.05) is 6.92 Å². The molecular formula is C10H17N5O2. The zero-order chi connectivity index (χ0) is 12.6. The first-order chi connectivity index (χ1) is 7.98. The summed E-state index contributed by atoms with van der Waals surface area (Å²) >= 11 is 0. The van der Waals surface area contributed by atoms with Gasteiger partial charge in [-0.25, -0.2) is 0 Å². The highest BCUT2D eigenvalue weighted by Gasteiger charge is 2.42. The van der Waals surface area contributed by atoms with Crippen molar-refractivity contribution < 1.29 is 4.92 Å². The molecule has 0 aliphatic heterocycles. The van der Waals surface area contributed by atoms with Gasteiger partial charge in [0.05, 0.1) is 5.54 Å². The zero-order valence-electron chi connectivity index (χ0n) is 10.0. The molecule has 1 fully saturated rings. The normalized spacial score (nSPS) is 18.8. The number of anilines is 1. The maximum Gasteiger partial charge on any atom is 0.406 e. The zero-order valence-corrected chi connectivity index (χ0v) is 10.0. The van der Waals surface area contributed by atoms with Crippen molar-refractivity contribution in [2.45, 2.75) is 25.3 Å². The largest absolute Gasteiger partial charge is 0.406 e. The second-order valence-electron chi connectivity index (χ2n) is 4.81. The van der Waals surface area contributed by atoms with Gasteiger partial charge in [0.25, 0.3) is 0 Å². The van der Waals surface area contributed by atoms with Gasteiger partial charge in [0.1, 0.15) is 0 Å². The van der Waals surface area contributed by atoms with Gasteiger partial charge in [-0.05, 0) is 35.6 Å². The van der Waals surface area contributed by atoms with Crippen molar-refractivity contribution in [3.8, 4) is 0 Å². The Labute approximate surface area is 99.2 Å². The molecule has 3 N–H and O–H groups in total. The van der Waals surface area contributed by atoms with Crippen LogP contribution in [-0.2, 0) is 7.05 Å². The number of nitrogens with two attached hydrogens (primary N) is 1. The lowest BCUT2D eigenvalue weighted by atomic mass is 9.96. The monoisotopic (exact) mass is 239 g/mol. The fourth-order valence-electron chi connectivity index (χ4n) is 2.01. The molecule has 1 saturated carbocycles. The van der Waals surface area contributed by atoms with Crippen LogP contribution in [0.5, 0.6) is 0 Å².